The van der Waals surface area contributed by atoms with Crippen molar-refractivity contribution in [3.8, 4) is 0 Å². The van der Waals surface area contributed by atoms with Crippen LogP contribution in [-0.2, 0) is 6.54 Å². The Morgan fingerprint density at radius 3 is 2.93 bits per heavy atom. The average molecular weight is 205 g/mol. The molecule has 82 valence electrons. The van der Waals surface area contributed by atoms with Gasteiger partial charge in [-0.3, -0.25) is 4.90 Å². The van der Waals surface area contributed by atoms with Crippen molar-refractivity contribution in [1.29, 1.82) is 0 Å². The van der Waals surface area contributed by atoms with Crippen LogP contribution >= 0.6 is 0 Å². The minimum atomic E-state index is 0.620. The number of hydrogen-bond donors (Lipinski definition) is 1. The molecular weight excluding hydrogens is 186 g/mol. The molecule has 3 heteroatoms. The normalized spacial score (nSPS) is 15.9. The van der Waals surface area contributed by atoms with Crippen molar-refractivity contribution in [1.82, 2.24) is 9.88 Å². The molecule has 1 fully saturated rings. The third kappa shape index (κ3) is 3.20. The van der Waals surface area contributed by atoms with E-state index in [1.165, 1.54) is 24.9 Å². The van der Waals surface area contributed by atoms with Crippen LogP contribution in [-0.4, -0.2) is 23.0 Å². The van der Waals surface area contributed by atoms with Crippen molar-refractivity contribution < 1.29 is 0 Å². The molecule has 2 N–H and O–H groups in total. The van der Waals surface area contributed by atoms with Crippen LogP contribution in [0, 0.1) is 5.92 Å². The fourth-order valence-corrected chi connectivity index (χ4v) is 1.82. The quantitative estimate of drug-likeness (QED) is 0.798. The molecule has 0 amide bonds. The molecule has 0 unspecified atom stereocenters. The van der Waals surface area contributed by atoms with Crippen molar-refractivity contribution in [3.63, 3.8) is 0 Å². The second-order valence-electron chi connectivity index (χ2n) is 4.36. The molecular formula is C12H19N3. The van der Waals surface area contributed by atoms with Gasteiger partial charge < -0.3 is 5.73 Å². The summed E-state index contributed by atoms with van der Waals surface area (Å²) < 4.78 is 0. The predicted molar refractivity (Wildman–Crippen MR) is 62.3 cm³/mol. The molecule has 0 atom stereocenters. The number of nitrogens with two attached hydrogens (primary N) is 1. The van der Waals surface area contributed by atoms with Gasteiger partial charge in [-0.25, -0.2) is 4.98 Å². The number of hydrogen-bond acceptors (Lipinski definition) is 3. The van der Waals surface area contributed by atoms with Gasteiger partial charge in [0.15, 0.2) is 0 Å². The minimum Gasteiger partial charge on any atom is -0.384 e. The molecule has 1 aromatic rings. The lowest BCUT2D eigenvalue weighted by molar-refractivity contribution is 0.268. The lowest BCUT2D eigenvalue weighted by Crippen LogP contribution is -2.25. The van der Waals surface area contributed by atoms with Crippen molar-refractivity contribution in [3.05, 3.63) is 23.9 Å². The van der Waals surface area contributed by atoms with Crippen LogP contribution in [0.4, 0.5) is 5.82 Å². The largest absolute Gasteiger partial charge is 0.384 e. The van der Waals surface area contributed by atoms with Crippen molar-refractivity contribution in [2.24, 2.45) is 5.92 Å². The summed E-state index contributed by atoms with van der Waals surface area (Å²) in [5, 5.41) is 0. The summed E-state index contributed by atoms with van der Waals surface area (Å²) in [7, 11) is 0. The summed E-state index contributed by atoms with van der Waals surface area (Å²) in [5.74, 6) is 1.57. The Balaban J connectivity index is 1.92. The Morgan fingerprint density at radius 2 is 2.33 bits per heavy atom. The molecule has 15 heavy (non-hydrogen) atoms. The van der Waals surface area contributed by atoms with E-state index in [4.69, 9.17) is 5.73 Å². The zero-order chi connectivity index (χ0) is 10.7. The Hall–Kier alpha value is -1.09. The summed E-state index contributed by atoms with van der Waals surface area (Å²) in [5.41, 5.74) is 6.93. The maximum absolute atomic E-state index is 5.66. The lowest BCUT2D eigenvalue weighted by Gasteiger charge is -2.20. The number of pyridine rings is 1. The first-order chi connectivity index (χ1) is 7.28. The highest BCUT2D eigenvalue weighted by atomic mass is 15.1. The standard InChI is InChI=1S/C12H19N3/c1-2-15(8-10-3-4-10)9-11-5-6-14-12(13)7-11/h5-7,10H,2-4,8-9H2,1H3,(H2,13,14). The maximum atomic E-state index is 5.66. The summed E-state index contributed by atoms with van der Waals surface area (Å²) >= 11 is 0. The number of aromatic nitrogens is 1. The second kappa shape index (κ2) is 4.62. The fraction of sp³-hybridized carbons (Fsp3) is 0.583. The number of nitrogens with zero attached hydrogens (tertiary/aromatic N) is 2. The lowest BCUT2D eigenvalue weighted by atomic mass is 10.2. The van der Waals surface area contributed by atoms with Crippen molar-refractivity contribution in [2.45, 2.75) is 26.3 Å². The third-order valence-corrected chi connectivity index (χ3v) is 2.91. The number of nitrogen functional groups attached to an aromatic ring is 1. The van der Waals surface area contributed by atoms with Gasteiger partial charge in [-0.15, -0.1) is 0 Å². The molecule has 2 rings (SSSR count). The van der Waals surface area contributed by atoms with Crippen LogP contribution < -0.4 is 5.73 Å². The Morgan fingerprint density at radius 1 is 1.53 bits per heavy atom. The molecule has 0 aromatic carbocycles. The second-order valence-corrected chi connectivity index (χ2v) is 4.36. The number of rotatable bonds is 5. The van der Waals surface area contributed by atoms with Gasteiger partial charge in [0.1, 0.15) is 5.82 Å². The SMILES string of the molecule is CCN(Cc1ccnc(N)c1)CC1CC1. The molecule has 0 spiro atoms. The van der Waals surface area contributed by atoms with Crippen LogP contribution in [0.1, 0.15) is 25.3 Å². The highest BCUT2D eigenvalue weighted by Gasteiger charge is 2.23. The van der Waals surface area contributed by atoms with Gasteiger partial charge in [0, 0.05) is 19.3 Å². The van der Waals surface area contributed by atoms with Crippen molar-refractivity contribution in [2.75, 3.05) is 18.8 Å². The first kappa shape index (κ1) is 10.4. The highest BCUT2D eigenvalue weighted by molar-refractivity contribution is 5.31. The fourth-order valence-electron chi connectivity index (χ4n) is 1.82. The Kier molecular flexibility index (Phi) is 3.21. The molecule has 1 heterocycles. The van der Waals surface area contributed by atoms with Crippen LogP contribution in [0.2, 0.25) is 0 Å². The van der Waals surface area contributed by atoms with Crippen LogP contribution in [0.5, 0.6) is 0 Å². The van der Waals surface area contributed by atoms with E-state index in [1.807, 2.05) is 12.1 Å². The van der Waals surface area contributed by atoms with Crippen LogP contribution in [0.15, 0.2) is 18.3 Å². The van der Waals surface area contributed by atoms with E-state index in [-0.39, 0.29) is 0 Å². The summed E-state index contributed by atoms with van der Waals surface area (Å²) in [6, 6.07) is 4.02. The third-order valence-electron chi connectivity index (χ3n) is 2.91. The van der Waals surface area contributed by atoms with E-state index < -0.39 is 0 Å². The molecule has 0 bridgehead atoms. The summed E-state index contributed by atoms with van der Waals surface area (Å²) in [6.45, 7) is 5.56. The number of anilines is 1. The van der Waals surface area contributed by atoms with E-state index in [1.54, 1.807) is 6.20 Å². The topological polar surface area (TPSA) is 42.2 Å². The van der Waals surface area contributed by atoms with Gasteiger partial charge in [-0.1, -0.05) is 6.92 Å². The van der Waals surface area contributed by atoms with E-state index in [9.17, 15) is 0 Å². The molecule has 1 saturated carbocycles. The van der Waals surface area contributed by atoms with E-state index in [0.717, 1.165) is 19.0 Å². The van der Waals surface area contributed by atoms with Gasteiger partial charge in [0.2, 0.25) is 0 Å². The highest BCUT2D eigenvalue weighted by Crippen LogP contribution is 2.30. The Labute approximate surface area is 91.3 Å². The van der Waals surface area contributed by atoms with Crippen LogP contribution in [0.3, 0.4) is 0 Å². The van der Waals surface area contributed by atoms with Gasteiger partial charge in [0.25, 0.3) is 0 Å². The molecule has 3 nitrogen and oxygen atoms in total. The molecule has 1 aliphatic carbocycles. The van der Waals surface area contributed by atoms with Crippen molar-refractivity contribution >= 4 is 5.82 Å². The van der Waals surface area contributed by atoms with Gasteiger partial charge in [-0.2, -0.15) is 0 Å². The zero-order valence-electron chi connectivity index (χ0n) is 9.32. The van der Waals surface area contributed by atoms with Gasteiger partial charge in [-0.05, 0) is 43.0 Å². The van der Waals surface area contributed by atoms with Crippen LogP contribution in [0.25, 0.3) is 0 Å². The smallest absolute Gasteiger partial charge is 0.123 e. The monoisotopic (exact) mass is 205 g/mol. The van der Waals surface area contributed by atoms with Gasteiger partial charge >= 0.3 is 0 Å². The summed E-state index contributed by atoms with van der Waals surface area (Å²) in [6.07, 6.45) is 4.61. The maximum Gasteiger partial charge on any atom is 0.123 e. The molecule has 0 radical (unpaired) electrons. The van der Waals surface area contributed by atoms with E-state index >= 15 is 0 Å². The summed E-state index contributed by atoms with van der Waals surface area (Å²) in [4.78, 5) is 6.48. The van der Waals surface area contributed by atoms with Gasteiger partial charge in [0.05, 0.1) is 0 Å². The first-order valence-corrected chi connectivity index (χ1v) is 5.70. The predicted octanol–water partition coefficient (Wildman–Crippen LogP) is 1.90. The first-order valence-electron chi connectivity index (χ1n) is 5.70. The van der Waals surface area contributed by atoms with E-state index in [2.05, 4.69) is 16.8 Å². The zero-order valence-corrected chi connectivity index (χ0v) is 9.32. The molecule has 1 aliphatic rings. The van der Waals surface area contributed by atoms with E-state index in [0.29, 0.717) is 5.82 Å². The molecule has 1 aromatic heterocycles. The molecule has 0 saturated heterocycles. The average Bonchev–Trinajstić information content (AvgIpc) is 3.01. The Bertz CT molecular complexity index is 320. The minimum absolute atomic E-state index is 0.620. The molecule has 0 aliphatic heterocycles.